The maximum absolute atomic E-state index is 14.3. The second kappa shape index (κ2) is 8.62. The fourth-order valence-electron chi connectivity index (χ4n) is 4.53. The topological polar surface area (TPSA) is 98.2 Å². The SMILES string of the molecule is CN1C[C@H]2CN(C(=O)c3ccccc3-c3ccccc3F)C[C@@]2(C(=O)O)C1.O=CO. The van der Waals surface area contributed by atoms with E-state index in [4.69, 9.17) is 9.90 Å². The molecule has 0 saturated carbocycles. The summed E-state index contributed by atoms with van der Waals surface area (Å²) in [6.07, 6.45) is 0. The third-order valence-electron chi connectivity index (χ3n) is 5.81. The van der Waals surface area contributed by atoms with Gasteiger partial charge in [0.25, 0.3) is 12.4 Å². The molecule has 2 heterocycles. The number of hydrogen-bond acceptors (Lipinski definition) is 4. The van der Waals surface area contributed by atoms with E-state index in [2.05, 4.69) is 0 Å². The number of likely N-dealkylation sites (tertiary alicyclic amines) is 2. The van der Waals surface area contributed by atoms with Crippen molar-refractivity contribution in [3.8, 4) is 11.1 Å². The van der Waals surface area contributed by atoms with E-state index in [1.165, 1.54) is 6.07 Å². The molecule has 2 aliphatic rings. The van der Waals surface area contributed by atoms with Crippen molar-refractivity contribution in [1.82, 2.24) is 9.80 Å². The molecule has 0 bridgehead atoms. The van der Waals surface area contributed by atoms with Crippen LogP contribution in [0.2, 0.25) is 0 Å². The monoisotopic (exact) mass is 414 g/mol. The van der Waals surface area contributed by atoms with E-state index < -0.39 is 11.4 Å². The molecule has 2 fully saturated rings. The van der Waals surface area contributed by atoms with Gasteiger partial charge in [0.05, 0.1) is 0 Å². The molecule has 7 nitrogen and oxygen atoms in total. The number of carboxylic acids is 1. The van der Waals surface area contributed by atoms with Gasteiger partial charge in [-0.3, -0.25) is 14.4 Å². The zero-order valence-corrected chi connectivity index (χ0v) is 16.5. The standard InChI is InChI=1S/C21H21FN2O3.CH2O2/c1-23-10-14-11-24(13-21(14,12-23)20(26)27)19(25)17-8-3-2-6-15(17)16-7-4-5-9-18(16)22;2-1-3/h2-9,14H,10-13H2,1H3,(H,26,27);1H,(H,2,3)/t14-,21-;/m0./s1. The number of benzene rings is 2. The zero-order valence-electron chi connectivity index (χ0n) is 16.5. The van der Waals surface area contributed by atoms with Gasteiger partial charge in [0, 0.05) is 43.2 Å². The van der Waals surface area contributed by atoms with Gasteiger partial charge in [-0.05, 0) is 24.7 Å². The van der Waals surface area contributed by atoms with Gasteiger partial charge >= 0.3 is 5.97 Å². The highest BCUT2D eigenvalue weighted by Crippen LogP contribution is 2.43. The Morgan fingerprint density at radius 2 is 1.67 bits per heavy atom. The maximum Gasteiger partial charge on any atom is 0.313 e. The van der Waals surface area contributed by atoms with E-state index in [1.807, 2.05) is 11.9 Å². The lowest BCUT2D eigenvalue weighted by atomic mass is 9.81. The van der Waals surface area contributed by atoms with Crippen molar-refractivity contribution in [3.05, 3.63) is 59.9 Å². The molecule has 2 atom stereocenters. The molecule has 1 amide bonds. The molecular weight excluding hydrogens is 391 g/mol. The van der Waals surface area contributed by atoms with Crippen molar-refractivity contribution in [2.45, 2.75) is 0 Å². The number of amides is 1. The molecule has 2 aromatic carbocycles. The van der Waals surface area contributed by atoms with Gasteiger partial charge in [0.15, 0.2) is 0 Å². The Hall–Kier alpha value is -3.26. The fourth-order valence-corrected chi connectivity index (χ4v) is 4.53. The van der Waals surface area contributed by atoms with Crippen molar-refractivity contribution in [2.24, 2.45) is 11.3 Å². The van der Waals surface area contributed by atoms with Crippen LogP contribution in [-0.4, -0.2) is 71.6 Å². The number of carbonyl (C=O) groups is 3. The smallest absolute Gasteiger partial charge is 0.313 e. The van der Waals surface area contributed by atoms with Crippen molar-refractivity contribution in [1.29, 1.82) is 0 Å². The Bertz CT molecular complexity index is 966. The van der Waals surface area contributed by atoms with Crippen LogP contribution in [0.25, 0.3) is 11.1 Å². The summed E-state index contributed by atoms with van der Waals surface area (Å²) >= 11 is 0. The molecule has 4 rings (SSSR count). The minimum atomic E-state index is -0.919. The molecule has 8 heteroatoms. The number of rotatable bonds is 3. The highest BCUT2D eigenvalue weighted by Gasteiger charge is 2.57. The molecule has 2 aliphatic heterocycles. The van der Waals surface area contributed by atoms with Crippen molar-refractivity contribution < 1.29 is 29.0 Å². The zero-order chi connectivity index (χ0) is 21.9. The van der Waals surface area contributed by atoms with Crippen LogP contribution in [0.4, 0.5) is 4.39 Å². The lowest BCUT2D eigenvalue weighted by molar-refractivity contribution is -0.148. The molecule has 0 unspecified atom stereocenters. The average Bonchev–Trinajstić information content (AvgIpc) is 3.22. The first-order valence-corrected chi connectivity index (χ1v) is 9.47. The van der Waals surface area contributed by atoms with Crippen LogP contribution >= 0.6 is 0 Å². The normalized spacial score (nSPS) is 22.7. The van der Waals surface area contributed by atoms with Crippen LogP contribution in [0.3, 0.4) is 0 Å². The van der Waals surface area contributed by atoms with Crippen LogP contribution < -0.4 is 0 Å². The molecule has 2 saturated heterocycles. The number of fused-ring (bicyclic) bond motifs is 1. The predicted octanol–water partition coefficient (Wildman–Crippen LogP) is 2.28. The molecule has 0 radical (unpaired) electrons. The largest absolute Gasteiger partial charge is 0.483 e. The number of nitrogens with zero attached hydrogens (tertiary/aromatic N) is 2. The summed E-state index contributed by atoms with van der Waals surface area (Å²) in [7, 11) is 1.91. The lowest BCUT2D eigenvalue weighted by Crippen LogP contribution is -2.41. The van der Waals surface area contributed by atoms with Crippen molar-refractivity contribution >= 4 is 18.3 Å². The number of carboxylic acid groups (broad SMARTS) is 2. The van der Waals surface area contributed by atoms with Crippen molar-refractivity contribution in [3.63, 3.8) is 0 Å². The summed E-state index contributed by atoms with van der Waals surface area (Å²) in [5, 5.41) is 16.7. The van der Waals surface area contributed by atoms with Crippen LogP contribution in [0.5, 0.6) is 0 Å². The summed E-state index contributed by atoms with van der Waals surface area (Å²) in [4.78, 5) is 37.2. The lowest BCUT2D eigenvalue weighted by Gasteiger charge is -2.24. The summed E-state index contributed by atoms with van der Waals surface area (Å²) in [5.41, 5.74) is 0.376. The molecule has 2 N–H and O–H groups in total. The van der Waals surface area contributed by atoms with E-state index in [1.54, 1.807) is 47.4 Å². The number of halogens is 1. The first kappa shape index (κ1) is 21.4. The van der Waals surface area contributed by atoms with E-state index >= 15 is 0 Å². The minimum absolute atomic E-state index is 0.0930. The molecule has 2 aromatic rings. The number of carbonyl (C=O) groups excluding carboxylic acids is 1. The quantitative estimate of drug-likeness (QED) is 0.748. The van der Waals surface area contributed by atoms with Crippen LogP contribution in [0.15, 0.2) is 48.5 Å². The van der Waals surface area contributed by atoms with Crippen molar-refractivity contribution in [2.75, 3.05) is 33.2 Å². The average molecular weight is 414 g/mol. The third-order valence-corrected chi connectivity index (χ3v) is 5.81. The number of hydrogen-bond donors (Lipinski definition) is 2. The Morgan fingerprint density at radius 3 is 2.27 bits per heavy atom. The second-order valence-electron chi connectivity index (χ2n) is 7.67. The highest BCUT2D eigenvalue weighted by atomic mass is 19.1. The summed E-state index contributed by atoms with van der Waals surface area (Å²) < 4.78 is 14.3. The van der Waals surface area contributed by atoms with Gasteiger partial charge in [-0.25, -0.2) is 4.39 Å². The number of aliphatic carboxylic acids is 1. The fraction of sp³-hybridized carbons (Fsp3) is 0.318. The third kappa shape index (κ3) is 3.78. The van der Waals surface area contributed by atoms with Crippen LogP contribution in [-0.2, 0) is 9.59 Å². The predicted molar refractivity (Wildman–Crippen MR) is 107 cm³/mol. The highest BCUT2D eigenvalue weighted by molar-refractivity contribution is 6.01. The second-order valence-corrected chi connectivity index (χ2v) is 7.67. The first-order chi connectivity index (χ1) is 14.3. The van der Waals surface area contributed by atoms with Gasteiger partial charge in [-0.15, -0.1) is 0 Å². The van der Waals surface area contributed by atoms with Gasteiger partial charge < -0.3 is 20.0 Å². The molecule has 0 spiro atoms. The molecule has 30 heavy (non-hydrogen) atoms. The van der Waals surface area contributed by atoms with E-state index in [0.29, 0.717) is 36.3 Å². The van der Waals surface area contributed by atoms with E-state index in [-0.39, 0.29) is 30.7 Å². The maximum atomic E-state index is 14.3. The van der Waals surface area contributed by atoms with Gasteiger partial charge in [0.2, 0.25) is 0 Å². The van der Waals surface area contributed by atoms with Gasteiger partial charge in [-0.2, -0.15) is 0 Å². The van der Waals surface area contributed by atoms with Gasteiger partial charge in [0.1, 0.15) is 11.2 Å². The Balaban J connectivity index is 0.000000806. The minimum Gasteiger partial charge on any atom is -0.483 e. The first-order valence-electron chi connectivity index (χ1n) is 9.47. The van der Waals surface area contributed by atoms with Crippen LogP contribution in [0, 0.1) is 17.2 Å². The van der Waals surface area contributed by atoms with E-state index in [9.17, 15) is 19.1 Å². The Labute approximate surface area is 173 Å². The summed E-state index contributed by atoms with van der Waals surface area (Å²) in [6, 6.07) is 13.3. The molecular formula is C22H23FN2O5. The summed E-state index contributed by atoms with van der Waals surface area (Å²) in [5.74, 6) is -1.58. The van der Waals surface area contributed by atoms with Gasteiger partial charge in [-0.1, -0.05) is 36.4 Å². The Morgan fingerprint density at radius 1 is 1.07 bits per heavy atom. The summed E-state index contributed by atoms with van der Waals surface area (Å²) in [6.45, 7) is 1.43. The van der Waals surface area contributed by atoms with E-state index in [0.717, 1.165) is 0 Å². The molecule has 0 aliphatic carbocycles. The molecule has 0 aromatic heterocycles. The molecule has 158 valence electrons. The Kier molecular flexibility index (Phi) is 6.17. The van der Waals surface area contributed by atoms with Crippen LogP contribution in [0.1, 0.15) is 10.4 Å².